The van der Waals surface area contributed by atoms with Gasteiger partial charge in [0.1, 0.15) is 5.76 Å². The number of carbonyl (C=O) groups is 2. The first-order chi connectivity index (χ1) is 13.2. The van der Waals surface area contributed by atoms with Crippen LogP contribution in [0.25, 0.3) is 5.52 Å². The zero-order valence-corrected chi connectivity index (χ0v) is 15.1. The van der Waals surface area contributed by atoms with Gasteiger partial charge < -0.3 is 14.6 Å². The summed E-state index contributed by atoms with van der Waals surface area (Å²) in [7, 11) is 0. The second-order valence-electron chi connectivity index (χ2n) is 6.71. The predicted molar refractivity (Wildman–Crippen MR) is 99.4 cm³/mol. The Morgan fingerprint density at radius 2 is 1.89 bits per heavy atom. The molecule has 7 nitrogen and oxygen atoms in total. The molecular formula is C20H22N4O3. The van der Waals surface area contributed by atoms with Crippen LogP contribution < -0.4 is 5.32 Å². The van der Waals surface area contributed by atoms with Crippen molar-refractivity contribution in [3.63, 3.8) is 0 Å². The van der Waals surface area contributed by atoms with Crippen LogP contribution in [0.2, 0.25) is 0 Å². The zero-order valence-electron chi connectivity index (χ0n) is 15.1. The topological polar surface area (TPSA) is 79.8 Å². The molecule has 1 fully saturated rings. The van der Waals surface area contributed by atoms with Gasteiger partial charge >= 0.3 is 0 Å². The summed E-state index contributed by atoms with van der Waals surface area (Å²) in [4.78, 5) is 32.0. The van der Waals surface area contributed by atoms with Crippen LogP contribution in [0.4, 0.5) is 0 Å². The molecule has 1 saturated heterocycles. The van der Waals surface area contributed by atoms with Gasteiger partial charge in [-0.25, -0.2) is 4.98 Å². The molecule has 4 rings (SSSR count). The number of furan rings is 1. The Morgan fingerprint density at radius 3 is 2.63 bits per heavy atom. The molecule has 0 atom stereocenters. The number of likely N-dealkylation sites (tertiary alicyclic amines) is 1. The number of nitrogens with one attached hydrogen (secondary N) is 1. The van der Waals surface area contributed by atoms with Crippen molar-refractivity contribution in [2.45, 2.75) is 32.2 Å². The number of aromatic nitrogens is 2. The number of amides is 2. The minimum Gasteiger partial charge on any atom is -0.467 e. The highest BCUT2D eigenvalue weighted by atomic mass is 16.3. The molecule has 0 aromatic carbocycles. The van der Waals surface area contributed by atoms with E-state index in [2.05, 4.69) is 10.3 Å². The van der Waals surface area contributed by atoms with Crippen molar-refractivity contribution in [3.05, 3.63) is 60.1 Å². The Hall–Kier alpha value is -3.09. The van der Waals surface area contributed by atoms with Gasteiger partial charge in [0.2, 0.25) is 5.82 Å². The van der Waals surface area contributed by atoms with Crippen molar-refractivity contribution in [2.75, 3.05) is 13.1 Å². The van der Waals surface area contributed by atoms with Gasteiger partial charge in [0.05, 0.1) is 18.3 Å². The third-order valence-electron chi connectivity index (χ3n) is 4.85. The minimum absolute atomic E-state index is 0.106. The fraction of sp³-hybridized carbons (Fsp3) is 0.350. The lowest BCUT2D eigenvalue weighted by atomic mass is 10.2. The SMILES string of the molecule is O=C(NCc1ccco1)c1nc(C(=O)N2CCCCCC2)c2ccccn12. The largest absolute Gasteiger partial charge is 0.467 e. The Bertz CT molecular complexity index is 937. The Labute approximate surface area is 157 Å². The summed E-state index contributed by atoms with van der Waals surface area (Å²) in [6.45, 7) is 1.75. The summed E-state index contributed by atoms with van der Waals surface area (Å²) in [6, 6.07) is 9.04. The lowest BCUT2D eigenvalue weighted by Crippen LogP contribution is -2.32. The summed E-state index contributed by atoms with van der Waals surface area (Å²) in [5, 5.41) is 2.79. The minimum atomic E-state index is -0.345. The molecular weight excluding hydrogens is 344 g/mol. The summed E-state index contributed by atoms with van der Waals surface area (Å²) in [5.41, 5.74) is 0.982. The number of hydrogen-bond acceptors (Lipinski definition) is 4. The molecule has 4 heterocycles. The molecule has 1 N–H and O–H groups in total. The second kappa shape index (κ2) is 7.65. The number of nitrogens with zero attached hydrogens (tertiary/aromatic N) is 3. The number of fused-ring (bicyclic) bond motifs is 1. The fourth-order valence-corrected chi connectivity index (χ4v) is 3.44. The van der Waals surface area contributed by atoms with Gasteiger partial charge in [0, 0.05) is 19.3 Å². The van der Waals surface area contributed by atoms with Gasteiger partial charge in [0.15, 0.2) is 5.69 Å². The molecule has 0 saturated carbocycles. The average Bonchev–Trinajstić information content (AvgIpc) is 3.26. The van der Waals surface area contributed by atoms with Crippen molar-refractivity contribution in [2.24, 2.45) is 0 Å². The van der Waals surface area contributed by atoms with Gasteiger partial charge in [-0.05, 0) is 37.1 Å². The van der Waals surface area contributed by atoms with E-state index in [1.165, 1.54) is 0 Å². The van der Waals surface area contributed by atoms with Gasteiger partial charge in [-0.2, -0.15) is 0 Å². The molecule has 1 aliphatic rings. The summed E-state index contributed by atoms with van der Waals surface area (Å²) >= 11 is 0. The normalized spacial score (nSPS) is 14.9. The number of imidazole rings is 1. The highest BCUT2D eigenvalue weighted by Crippen LogP contribution is 2.18. The third-order valence-corrected chi connectivity index (χ3v) is 4.85. The maximum absolute atomic E-state index is 13.1. The van der Waals surface area contributed by atoms with Crippen LogP contribution in [0.1, 0.15) is 52.6 Å². The van der Waals surface area contributed by atoms with Gasteiger partial charge in [0.25, 0.3) is 11.8 Å². The van der Waals surface area contributed by atoms with E-state index in [0.29, 0.717) is 17.0 Å². The number of hydrogen-bond donors (Lipinski definition) is 1. The fourth-order valence-electron chi connectivity index (χ4n) is 3.44. The maximum Gasteiger partial charge on any atom is 0.288 e. The Balaban J connectivity index is 1.62. The standard InChI is InChI=1S/C20H22N4O3/c25-19(21-14-15-8-7-13-27-15)18-22-17(16-9-3-6-12-24(16)18)20(26)23-10-4-1-2-5-11-23/h3,6-9,12-13H,1-2,4-5,10-11,14H2,(H,21,25). The highest BCUT2D eigenvalue weighted by Gasteiger charge is 2.25. The first-order valence-corrected chi connectivity index (χ1v) is 9.31. The van der Waals surface area contributed by atoms with E-state index >= 15 is 0 Å². The van der Waals surface area contributed by atoms with Crippen molar-refractivity contribution in [1.82, 2.24) is 19.6 Å². The van der Waals surface area contributed by atoms with E-state index in [-0.39, 0.29) is 24.2 Å². The van der Waals surface area contributed by atoms with E-state index in [1.54, 1.807) is 29.0 Å². The summed E-state index contributed by atoms with van der Waals surface area (Å²) in [5.74, 6) is 0.411. The number of pyridine rings is 1. The molecule has 0 spiro atoms. The Kier molecular flexibility index (Phi) is 4.91. The van der Waals surface area contributed by atoms with E-state index in [1.807, 2.05) is 23.1 Å². The van der Waals surface area contributed by atoms with E-state index in [9.17, 15) is 9.59 Å². The monoisotopic (exact) mass is 366 g/mol. The van der Waals surface area contributed by atoms with Crippen LogP contribution in [-0.4, -0.2) is 39.2 Å². The van der Waals surface area contributed by atoms with Gasteiger partial charge in [-0.1, -0.05) is 18.9 Å². The molecule has 140 valence electrons. The van der Waals surface area contributed by atoms with E-state index in [0.717, 1.165) is 38.8 Å². The first-order valence-electron chi connectivity index (χ1n) is 9.31. The molecule has 1 aliphatic heterocycles. The van der Waals surface area contributed by atoms with E-state index in [4.69, 9.17) is 4.42 Å². The molecule has 0 unspecified atom stereocenters. The van der Waals surface area contributed by atoms with Crippen LogP contribution in [0.15, 0.2) is 47.2 Å². The maximum atomic E-state index is 13.1. The number of rotatable bonds is 4. The lowest BCUT2D eigenvalue weighted by Gasteiger charge is -2.19. The molecule has 3 aromatic heterocycles. The highest BCUT2D eigenvalue weighted by molar-refractivity contribution is 6.02. The number of carbonyl (C=O) groups excluding carboxylic acids is 2. The average molecular weight is 366 g/mol. The quantitative estimate of drug-likeness (QED) is 0.770. The molecule has 0 aliphatic carbocycles. The van der Waals surface area contributed by atoms with E-state index < -0.39 is 0 Å². The van der Waals surface area contributed by atoms with Crippen molar-refractivity contribution in [3.8, 4) is 0 Å². The molecule has 0 radical (unpaired) electrons. The predicted octanol–water partition coefficient (Wildman–Crippen LogP) is 2.87. The third kappa shape index (κ3) is 3.58. The van der Waals surface area contributed by atoms with Crippen molar-refractivity contribution < 1.29 is 14.0 Å². The van der Waals surface area contributed by atoms with Crippen LogP contribution in [-0.2, 0) is 6.54 Å². The molecule has 27 heavy (non-hydrogen) atoms. The van der Waals surface area contributed by atoms with Crippen LogP contribution in [0.5, 0.6) is 0 Å². The van der Waals surface area contributed by atoms with Gasteiger partial charge in [-0.15, -0.1) is 0 Å². The molecule has 3 aromatic rings. The summed E-state index contributed by atoms with van der Waals surface area (Å²) < 4.78 is 6.91. The summed E-state index contributed by atoms with van der Waals surface area (Å²) in [6.07, 6.45) is 7.62. The molecule has 7 heteroatoms. The Morgan fingerprint density at radius 1 is 1.07 bits per heavy atom. The van der Waals surface area contributed by atoms with Crippen LogP contribution in [0.3, 0.4) is 0 Å². The lowest BCUT2D eigenvalue weighted by molar-refractivity contribution is 0.0758. The van der Waals surface area contributed by atoms with Crippen molar-refractivity contribution >= 4 is 17.3 Å². The smallest absolute Gasteiger partial charge is 0.288 e. The van der Waals surface area contributed by atoms with Crippen molar-refractivity contribution in [1.29, 1.82) is 0 Å². The van der Waals surface area contributed by atoms with Gasteiger partial charge in [-0.3, -0.25) is 14.0 Å². The zero-order chi connectivity index (χ0) is 18.6. The second-order valence-corrected chi connectivity index (χ2v) is 6.71. The molecule has 0 bridgehead atoms. The first kappa shape index (κ1) is 17.3. The van der Waals surface area contributed by atoms with Crippen LogP contribution in [0, 0.1) is 0 Å². The van der Waals surface area contributed by atoms with Crippen LogP contribution >= 0.6 is 0 Å². The molecule has 2 amide bonds.